The number of nitrogens with one attached hydrogen (secondary N) is 2. The van der Waals surface area contributed by atoms with Crippen LogP contribution in [-0.4, -0.2) is 35.8 Å². The maximum atomic E-state index is 6.06. The van der Waals surface area contributed by atoms with Crippen LogP contribution in [0.3, 0.4) is 0 Å². The zero-order valence-corrected chi connectivity index (χ0v) is 11.3. The summed E-state index contributed by atoms with van der Waals surface area (Å²) in [5.41, 5.74) is 0. The van der Waals surface area contributed by atoms with E-state index in [9.17, 15) is 0 Å². The third-order valence-corrected chi connectivity index (χ3v) is 3.07. The van der Waals surface area contributed by atoms with Crippen molar-refractivity contribution in [3.05, 3.63) is 11.2 Å². The van der Waals surface area contributed by atoms with Crippen molar-refractivity contribution in [3.8, 4) is 0 Å². The zero-order chi connectivity index (χ0) is 12.8. The van der Waals surface area contributed by atoms with Crippen molar-refractivity contribution in [3.63, 3.8) is 0 Å². The maximum Gasteiger partial charge on any atom is 0.224 e. The zero-order valence-electron chi connectivity index (χ0n) is 10.6. The molecule has 1 aliphatic rings. The molecular weight excluding hydrogens is 252 g/mol. The van der Waals surface area contributed by atoms with Crippen LogP contribution in [0.4, 0.5) is 11.8 Å². The molecule has 0 aromatic carbocycles. The van der Waals surface area contributed by atoms with Crippen molar-refractivity contribution in [2.24, 2.45) is 0 Å². The lowest BCUT2D eigenvalue weighted by Crippen LogP contribution is -2.19. The molecule has 1 fully saturated rings. The summed E-state index contributed by atoms with van der Waals surface area (Å²) in [7, 11) is 0. The Morgan fingerprint density at radius 3 is 3.11 bits per heavy atom. The molecule has 1 unspecified atom stereocenters. The maximum absolute atomic E-state index is 6.06. The molecule has 0 saturated carbocycles. The minimum atomic E-state index is 0.267. The van der Waals surface area contributed by atoms with E-state index in [-0.39, 0.29) is 6.10 Å². The SMILES string of the molecule is CCCNc1ncc(Cl)c(NCC2CCCO2)n1. The monoisotopic (exact) mass is 270 g/mol. The van der Waals surface area contributed by atoms with Crippen LogP contribution in [0.5, 0.6) is 0 Å². The predicted molar refractivity (Wildman–Crippen MR) is 73.3 cm³/mol. The minimum absolute atomic E-state index is 0.267. The standard InChI is InChI=1S/C12H19ClN4O/c1-2-5-14-12-16-8-10(13)11(17-12)15-7-9-4-3-6-18-9/h8-9H,2-7H2,1H3,(H2,14,15,16,17). The van der Waals surface area contributed by atoms with Gasteiger partial charge in [-0.05, 0) is 19.3 Å². The molecule has 1 aliphatic heterocycles. The van der Waals surface area contributed by atoms with Gasteiger partial charge in [-0.1, -0.05) is 18.5 Å². The van der Waals surface area contributed by atoms with E-state index in [0.29, 0.717) is 16.8 Å². The molecule has 0 amide bonds. The number of aromatic nitrogens is 2. The van der Waals surface area contributed by atoms with Crippen LogP contribution in [-0.2, 0) is 4.74 Å². The van der Waals surface area contributed by atoms with Gasteiger partial charge in [0.1, 0.15) is 5.02 Å². The van der Waals surface area contributed by atoms with Gasteiger partial charge >= 0.3 is 0 Å². The molecule has 2 N–H and O–H groups in total. The Morgan fingerprint density at radius 1 is 1.50 bits per heavy atom. The van der Waals surface area contributed by atoms with E-state index in [1.54, 1.807) is 6.20 Å². The third-order valence-electron chi connectivity index (χ3n) is 2.80. The summed E-state index contributed by atoms with van der Waals surface area (Å²) in [4.78, 5) is 8.48. The number of anilines is 2. The molecule has 0 aliphatic carbocycles. The summed E-state index contributed by atoms with van der Waals surface area (Å²) in [6.07, 6.45) is 5.14. The average molecular weight is 271 g/mol. The first-order valence-corrected chi connectivity index (χ1v) is 6.79. The first-order valence-electron chi connectivity index (χ1n) is 6.41. The second-order valence-corrected chi connectivity index (χ2v) is 4.74. The minimum Gasteiger partial charge on any atom is -0.376 e. The van der Waals surface area contributed by atoms with Crippen molar-refractivity contribution < 1.29 is 4.74 Å². The number of hydrogen-bond donors (Lipinski definition) is 2. The van der Waals surface area contributed by atoms with Crippen LogP contribution in [0, 0.1) is 0 Å². The highest BCUT2D eigenvalue weighted by Gasteiger charge is 2.16. The van der Waals surface area contributed by atoms with Gasteiger partial charge in [-0.25, -0.2) is 4.98 Å². The molecule has 1 saturated heterocycles. The smallest absolute Gasteiger partial charge is 0.224 e. The van der Waals surface area contributed by atoms with Gasteiger partial charge in [-0.2, -0.15) is 4.98 Å². The van der Waals surface area contributed by atoms with E-state index >= 15 is 0 Å². The molecule has 0 radical (unpaired) electrons. The summed E-state index contributed by atoms with van der Waals surface area (Å²) in [5, 5.41) is 6.90. The van der Waals surface area contributed by atoms with Gasteiger partial charge in [-0.15, -0.1) is 0 Å². The lowest BCUT2D eigenvalue weighted by Gasteiger charge is -2.13. The number of ether oxygens (including phenoxy) is 1. The molecule has 0 bridgehead atoms. The molecule has 2 rings (SSSR count). The molecular formula is C12H19ClN4O. The molecule has 5 nitrogen and oxygen atoms in total. The summed E-state index contributed by atoms with van der Waals surface area (Å²) in [6.45, 7) is 4.55. The Morgan fingerprint density at radius 2 is 2.39 bits per heavy atom. The summed E-state index contributed by atoms with van der Waals surface area (Å²) < 4.78 is 5.55. The van der Waals surface area contributed by atoms with E-state index in [1.807, 2.05) is 0 Å². The first kappa shape index (κ1) is 13.4. The Labute approximate surface area is 112 Å². The summed E-state index contributed by atoms with van der Waals surface area (Å²) in [6, 6.07) is 0. The molecule has 1 aromatic rings. The second-order valence-electron chi connectivity index (χ2n) is 4.33. The van der Waals surface area contributed by atoms with Crippen LogP contribution < -0.4 is 10.6 Å². The summed E-state index contributed by atoms with van der Waals surface area (Å²) in [5.74, 6) is 1.27. The fourth-order valence-electron chi connectivity index (χ4n) is 1.83. The lowest BCUT2D eigenvalue weighted by atomic mass is 10.2. The number of hydrogen-bond acceptors (Lipinski definition) is 5. The van der Waals surface area contributed by atoms with Gasteiger partial charge in [0.25, 0.3) is 0 Å². The third kappa shape index (κ3) is 3.71. The van der Waals surface area contributed by atoms with Crippen LogP contribution in [0.15, 0.2) is 6.20 Å². The van der Waals surface area contributed by atoms with Crippen LogP contribution in [0.1, 0.15) is 26.2 Å². The van der Waals surface area contributed by atoms with E-state index in [4.69, 9.17) is 16.3 Å². The Balaban J connectivity index is 1.92. The van der Waals surface area contributed by atoms with E-state index < -0.39 is 0 Å². The number of rotatable bonds is 6. The Kier molecular flexibility index (Phi) is 5.01. The van der Waals surface area contributed by atoms with Crippen molar-refractivity contribution >= 4 is 23.4 Å². The normalized spacial score (nSPS) is 18.9. The molecule has 100 valence electrons. The van der Waals surface area contributed by atoms with Gasteiger partial charge in [0.05, 0.1) is 12.3 Å². The molecule has 2 heterocycles. The Bertz CT molecular complexity index is 382. The molecule has 1 aromatic heterocycles. The molecule has 6 heteroatoms. The topological polar surface area (TPSA) is 59.1 Å². The Hall–Kier alpha value is -1.07. The van der Waals surface area contributed by atoms with Crippen molar-refractivity contribution in [1.82, 2.24) is 9.97 Å². The van der Waals surface area contributed by atoms with Gasteiger partial charge in [0, 0.05) is 19.7 Å². The van der Waals surface area contributed by atoms with Crippen LogP contribution in [0.25, 0.3) is 0 Å². The van der Waals surface area contributed by atoms with Gasteiger partial charge in [0.2, 0.25) is 5.95 Å². The number of halogens is 1. The lowest BCUT2D eigenvalue weighted by molar-refractivity contribution is 0.120. The first-order chi connectivity index (χ1) is 8.79. The summed E-state index contributed by atoms with van der Waals surface area (Å²) >= 11 is 6.06. The van der Waals surface area contributed by atoms with Crippen LogP contribution in [0.2, 0.25) is 5.02 Å². The van der Waals surface area contributed by atoms with Crippen LogP contribution >= 0.6 is 11.6 Å². The number of nitrogens with zero attached hydrogens (tertiary/aromatic N) is 2. The van der Waals surface area contributed by atoms with Gasteiger partial charge < -0.3 is 15.4 Å². The predicted octanol–water partition coefficient (Wildman–Crippen LogP) is 2.54. The van der Waals surface area contributed by atoms with Crippen molar-refractivity contribution in [2.75, 3.05) is 30.3 Å². The van der Waals surface area contributed by atoms with E-state index in [1.165, 1.54) is 0 Å². The highest BCUT2D eigenvalue weighted by atomic mass is 35.5. The quantitative estimate of drug-likeness (QED) is 0.832. The highest BCUT2D eigenvalue weighted by molar-refractivity contribution is 6.32. The van der Waals surface area contributed by atoms with Crippen molar-refractivity contribution in [1.29, 1.82) is 0 Å². The molecule has 0 spiro atoms. The fourth-order valence-corrected chi connectivity index (χ4v) is 1.99. The second kappa shape index (κ2) is 6.75. The molecule has 1 atom stereocenters. The van der Waals surface area contributed by atoms with Gasteiger partial charge in [-0.3, -0.25) is 0 Å². The fraction of sp³-hybridized carbons (Fsp3) is 0.667. The van der Waals surface area contributed by atoms with Crippen molar-refractivity contribution in [2.45, 2.75) is 32.3 Å². The van der Waals surface area contributed by atoms with E-state index in [0.717, 1.165) is 39.0 Å². The average Bonchev–Trinajstić information content (AvgIpc) is 2.89. The molecule has 18 heavy (non-hydrogen) atoms. The van der Waals surface area contributed by atoms with Gasteiger partial charge in [0.15, 0.2) is 5.82 Å². The largest absolute Gasteiger partial charge is 0.376 e. The highest BCUT2D eigenvalue weighted by Crippen LogP contribution is 2.20. The van der Waals surface area contributed by atoms with E-state index in [2.05, 4.69) is 27.5 Å².